The first-order chi connectivity index (χ1) is 9.26. The Morgan fingerprint density at radius 3 is 2.74 bits per heavy atom. The summed E-state index contributed by atoms with van der Waals surface area (Å²) in [5, 5.41) is 4.10. The third-order valence-corrected chi connectivity index (χ3v) is 3.90. The van der Waals surface area contributed by atoms with Gasteiger partial charge in [-0.1, -0.05) is 24.9 Å². The Balaban J connectivity index is 1.75. The lowest BCUT2D eigenvalue weighted by atomic mass is 9.83. The van der Waals surface area contributed by atoms with Crippen molar-refractivity contribution in [3.63, 3.8) is 0 Å². The molecule has 0 unspecified atom stereocenters. The van der Waals surface area contributed by atoms with E-state index in [9.17, 15) is 0 Å². The van der Waals surface area contributed by atoms with E-state index >= 15 is 0 Å². The standard InChI is InChI=1S/C14H19N3O2/c1-9-2-4-10(5-3-9)13-16-14(19-17-13)12-7-6-11(8-15)18-12/h6-7,9-10H,2-5,8,15H2,1H3. The van der Waals surface area contributed by atoms with Gasteiger partial charge in [-0.3, -0.25) is 0 Å². The van der Waals surface area contributed by atoms with Crippen LogP contribution in [0.4, 0.5) is 0 Å². The summed E-state index contributed by atoms with van der Waals surface area (Å²) >= 11 is 0. The topological polar surface area (TPSA) is 78.1 Å². The van der Waals surface area contributed by atoms with E-state index < -0.39 is 0 Å². The highest BCUT2D eigenvalue weighted by atomic mass is 16.5. The molecule has 0 aliphatic heterocycles. The molecule has 0 bridgehead atoms. The predicted molar refractivity (Wildman–Crippen MR) is 70.3 cm³/mol. The molecule has 2 heterocycles. The minimum absolute atomic E-state index is 0.376. The maximum Gasteiger partial charge on any atom is 0.293 e. The zero-order chi connectivity index (χ0) is 13.2. The summed E-state index contributed by atoms with van der Waals surface area (Å²) in [6.07, 6.45) is 4.78. The van der Waals surface area contributed by atoms with E-state index in [0.717, 1.165) is 30.3 Å². The summed E-state index contributed by atoms with van der Waals surface area (Å²) in [5.74, 6) is 3.84. The quantitative estimate of drug-likeness (QED) is 0.918. The molecule has 1 aliphatic rings. The third-order valence-electron chi connectivity index (χ3n) is 3.90. The van der Waals surface area contributed by atoms with Crippen molar-refractivity contribution in [3.05, 3.63) is 23.7 Å². The maximum absolute atomic E-state index is 5.52. The van der Waals surface area contributed by atoms with Crippen LogP contribution in [0, 0.1) is 5.92 Å². The van der Waals surface area contributed by atoms with Crippen molar-refractivity contribution in [2.75, 3.05) is 0 Å². The minimum Gasteiger partial charge on any atom is -0.455 e. The monoisotopic (exact) mass is 261 g/mol. The van der Waals surface area contributed by atoms with Gasteiger partial charge in [-0.15, -0.1) is 0 Å². The van der Waals surface area contributed by atoms with Gasteiger partial charge in [0.05, 0.1) is 6.54 Å². The first-order valence-electron chi connectivity index (χ1n) is 6.89. The second kappa shape index (κ2) is 5.17. The van der Waals surface area contributed by atoms with Crippen molar-refractivity contribution in [1.82, 2.24) is 10.1 Å². The molecular weight excluding hydrogens is 242 g/mol. The molecule has 0 aromatic carbocycles. The SMILES string of the molecule is CC1CCC(c2noc(-c3ccc(CN)o3)n2)CC1. The van der Waals surface area contributed by atoms with E-state index in [-0.39, 0.29) is 0 Å². The summed E-state index contributed by atoms with van der Waals surface area (Å²) in [5.41, 5.74) is 5.52. The van der Waals surface area contributed by atoms with Crippen molar-refractivity contribution < 1.29 is 8.94 Å². The molecule has 0 atom stereocenters. The molecule has 5 heteroatoms. The minimum atomic E-state index is 0.376. The van der Waals surface area contributed by atoms with Crippen LogP contribution in [0.2, 0.25) is 0 Å². The summed E-state index contributed by atoms with van der Waals surface area (Å²) in [7, 11) is 0. The zero-order valence-corrected chi connectivity index (χ0v) is 11.1. The van der Waals surface area contributed by atoms with Crippen LogP contribution in [0.1, 0.15) is 50.1 Å². The van der Waals surface area contributed by atoms with Gasteiger partial charge in [-0.25, -0.2) is 0 Å². The molecule has 2 aromatic rings. The number of nitrogens with zero attached hydrogens (tertiary/aromatic N) is 2. The van der Waals surface area contributed by atoms with E-state index in [1.807, 2.05) is 12.1 Å². The lowest BCUT2D eigenvalue weighted by Crippen LogP contribution is -2.11. The van der Waals surface area contributed by atoms with Crippen LogP contribution in [0.15, 0.2) is 21.1 Å². The van der Waals surface area contributed by atoms with Gasteiger partial charge in [0.25, 0.3) is 5.89 Å². The van der Waals surface area contributed by atoms with Crippen LogP contribution in [0.5, 0.6) is 0 Å². The van der Waals surface area contributed by atoms with Crippen molar-refractivity contribution in [2.24, 2.45) is 11.7 Å². The maximum atomic E-state index is 5.52. The van der Waals surface area contributed by atoms with Crippen LogP contribution in [0.3, 0.4) is 0 Å². The van der Waals surface area contributed by atoms with Crippen LogP contribution in [0.25, 0.3) is 11.7 Å². The summed E-state index contributed by atoms with van der Waals surface area (Å²) in [4.78, 5) is 4.46. The first kappa shape index (κ1) is 12.4. The van der Waals surface area contributed by atoms with E-state index in [4.69, 9.17) is 14.7 Å². The van der Waals surface area contributed by atoms with E-state index in [2.05, 4.69) is 17.1 Å². The molecule has 2 N–H and O–H groups in total. The van der Waals surface area contributed by atoms with Gasteiger partial charge in [-0.2, -0.15) is 4.98 Å². The molecule has 102 valence electrons. The van der Waals surface area contributed by atoms with Crippen molar-refractivity contribution in [3.8, 4) is 11.7 Å². The van der Waals surface area contributed by atoms with Gasteiger partial charge in [0.15, 0.2) is 11.6 Å². The van der Waals surface area contributed by atoms with Gasteiger partial charge in [-0.05, 0) is 30.9 Å². The Labute approximate surface area is 112 Å². The Kier molecular flexibility index (Phi) is 3.38. The summed E-state index contributed by atoms with van der Waals surface area (Å²) in [6, 6.07) is 3.66. The Morgan fingerprint density at radius 1 is 1.26 bits per heavy atom. The molecule has 0 saturated heterocycles. The number of aromatic nitrogens is 2. The molecule has 0 radical (unpaired) electrons. The highest BCUT2D eigenvalue weighted by Gasteiger charge is 2.24. The Morgan fingerprint density at radius 2 is 2.05 bits per heavy atom. The largest absolute Gasteiger partial charge is 0.455 e. The molecule has 19 heavy (non-hydrogen) atoms. The lowest BCUT2D eigenvalue weighted by Gasteiger charge is -2.23. The first-order valence-corrected chi connectivity index (χ1v) is 6.89. The van der Waals surface area contributed by atoms with Crippen LogP contribution >= 0.6 is 0 Å². The van der Waals surface area contributed by atoms with E-state index in [1.165, 1.54) is 12.8 Å². The van der Waals surface area contributed by atoms with Crippen LogP contribution in [-0.2, 0) is 6.54 Å². The van der Waals surface area contributed by atoms with Crippen molar-refractivity contribution >= 4 is 0 Å². The molecule has 3 rings (SSSR count). The molecule has 0 spiro atoms. The molecule has 1 saturated carbocycles. The smallest absolute Gasteiger partial charge is 0.293 e. The predicted octanol–water partition coefficient (Wildman–Crippen LogP) is 3.08. The number of nitrogens with two attached hydrogens (primary N) is 1. The van der Waals surface area contributed by atoms with E-state index in [0.29, 0.717) is 24.1 Å². The molecule has 1 aliphatic carbocycles. The normalized spacial score (nSPS) is 23.7. The summed E-state index contributed by atoms with van der Waals surface area (Å²) in [6.45, 7) is 2.68. The van der Waals surface area contributed by atoms with Gasteiger partial charge < -0.3 is 14.7 Å². The number of rotatable bonds is 3. The highest BCUT2D eigenvalue weighted by molar-refractivity contribution is 5.44. The Bertz CT molecular complexity index is 538. The lowest BCUT2D eigenvalue weighted by molar-refractivity contribution is 0.328. The van der Waals surface area contributed by atoms with Gasteiger partial charge in [0.2, 0.25) is 0 Å². The fraction of sp³-hybridized carbons (Fsp3) is 0.571. The van der Waals surface area contributed by atoms with Crippen LogP contribution in [-0.4, -0.2) is 10.1 Å². The fourth-order valence-corrected chi connectivity index (χ4v) is 2.62. The average molecular weight is 261 g/mol. The summed E-state index contributed by atoms with van der Waals surface area (Å²) < 4.78 is 10.8. The second-order valence-electron chi connectivity index (χ2n) is 5.38. The number of hydrogen-bond donors (Lipinski definition) is 1. The Hall–Kier alpha value is -1.62. The number of hydrogen-bond acceptors (Lipinski definition) is 5. The van der Waals surface area contributed by atoms with Gasteiger partial charge in [0.1, 0.15) is 5.76 Å². The van der Waals surface area contributed by atoms with Crippen LogP contribution < -0.4 is 5.73 Å². The molecule has 1 fully saturated rings. The molecule has 0 amide bonds. The van der Waals surface area contributed by atoms with Gasteiger partial charge in [0, 0.05) is 5.92 Å². The highest BCUT2D eigenvalue weighted by Crippen LogP contribution is 2.34. The molecule has 2 aromatic heterocycles. The zero-order valence-electron chi connectivity index (χ0n) is 11.1. The number of furan rings is 1. The van der Waals surface area contributed by atoms with Gasteiger partial charge >= 0.3 is 0 Å². The molecular formula is C14H19N3O2. The fourth-order valence-electron chi connectivity index (χ4n) is 2.62. The van der Waals surface area contributed by atoms with E-state index in [1.54, 1.807) is 0 Å². The second-order valence-corrected chi connectivity index (χ2v) is 5.38. The van der Waals surface area contributed by atoms with Crippen molar-refractivity contribution in [2.45, 2.75) is 45.1 Å². The third kappa shape index (κ3) is 2.56. The average Bonchev–Trinajstić information content (AvgIpc) is 3.08. The molecule has 5 nitrogen and oxygen atoms in total. The van der Waals surface area contributed by atoms with Crippen molar-refractivity contribution in [1.29, 1.82) is 0 Å².